The van der Waals surface area contributed by atoms with Crippen LogP contribution in [0.1, 0.15) is 39.5 Å². The molecular formula is C12H22N2O3. The van der Waals surface area contributed by atoms with Gasteiger partial charge in [-0.05, 0) is 26.7 Å². The summed E-state index contributed by atoms with van der Waals surface area (Å²) in [6.45, 7) is 5.35. The minimum atomic E-state index is -0.783. The van der Waals surface area contributed by atoms with Crippen molar-refractivity contribution in [2.24, 2.45) is 5.41 Å². The van der Waals surface area contributed by atoms with E-state index < -0.39 is 11.4 Å². The van der Waals surface area contributed by atoms with E-state index >= 15 is 0 Å². The van der Waals surface area contributed by atoms with E-state index in [4.69, 9.17) is 0 Å². The lowest BCUT2D eigenvalue weighted by atomic mass is 9.86. The van der Waals surface area contributed by atoms with Crippen molar-refractivity contribution in [2.45, 2.75) is 39.5 Å². The van der Waals surface area contributed by atoms with Crippen molar-refractivity contribution < 1.29 is 14.7 Å². The van der Waals surface area contributed by atoms with Crippen LogP contribution in [0.3, 0.4) is 0 Å². The lowest BCUT2D eigenvalue weighted by Crippen LogP contribution is -2.46. The molecule has 0 atom stereocenters. The van der Waals surface area contributed by atoms with Gasteiger partial charge >= 0.3 is 12.0 Å². The maximum atomic E-state index is 11.7. The van der Waals surface area contributed by atoms with E-state index in [1.165, 1.54) is 0 Å². The number of aliphatic carboxylic acids is 1. The van der Waals surface area contributed by atoms with Crippen LogP contribution < -0.4 is 5.32 Å². The molecule has 5 nitrogen and oxygen atoms in total. The molecule has 0 heterocycles. The molecule has 0 unspecified atom stereocenters. The quantitative estimate of drug-likeness (QED) is 0.770. The van der Waals surface area contributed by atoms with Gasteiger partial charge in [-0.1, -0.05) is 12.8 Å². The maximum Gasteiger partial charge on any atom is 0.317 e. The number of hydrogen-bond acceptors (Lipinski definition) is 2. The van der Waals surface area contributed by atoms with Crippen molar-refractivity contribution >= 4 is 12.0 Å². The van der Waals surface area contributed by atoms with Crippen LogP contribution in [0.2, 0.25) is 0 Å². The summed E-state index contributed by atoms with van der Waals surface area (Å²) >= 11 is 0. The smallest absolute Gasteiger partial charge is 0.317 e. The third-order valence-electron chi connectivity index (χ3n) is 3.64. The fourth-order valence-corrected chi connectivity index (χ4v) is 2.39. The second-order valence-electron chi connectivity index (χ2n) is 4.62. The lowest BCUT2D eigenvalue weighted by molar-refractivity contribution is -0.148. The Morgan fingerprint density at radius 2 is 1.76 bits per heavy atom. The Bertz CT molecular complexity index is 281. The predicted molar refractivity (Wildman–Crippen MR) is 64.9 cm³/mol. The van der Waals surface area contributed by atoms with E-state index in [2.05, 4.69) is 5.32 Å². The highest BCUT2D eigenvalue weighted by molar-refractivity contribution is 5.78. The average molecular weight is 242 g/mol. The highest BCUT2D eigenvalue weighted by atomic mass is 16.4. The standard InChI is InChI=1S/C12H22N2O3/c1-3-14(4-2)11(17)13-9-12(10(15)16)7-5-6-8-12/h3-9H2,1-2H3,(H,13,17)(H,15,16). The van der Waals surface area contributed by atoms with Crippen molar-refractivity contribution in [3.05, 3.63) is 0 Å². The Hall–Kier alpha value is -1.26. The first-order valence-corrected chi connectivity index (χ1v) is 6.32. The number of carboxylic acids is 1. The molecule has 17 heavy (non-hydrogen) atoms. The molecule has 2 amide bonds. The first-order valence-electron chi connectivity index (χ1n) is 6.32. The van der Waals surface area contributed by atoms with Crippen LogP contribution in [-0.2, 0) is 4.79 Å². The first kappa shape index (κ1) is 13.8. The third kappa shape index (κ3) is 3.11. The Morgan fingerprint density at radius 3 is 2.18 bits per heavy atom. The summed E-state index contributed by atoms with van der Waals surface area (Å²) in [5.74, 6) is -0.783. The van der Waals surface area contributed by atoms with Crippen LogP contribution in [0.25, 0.3) is 0 Å². The lowest BCUT2D eigenvalue weighted by Gasteiger charge is -2.26. The summed E-state index contributed by atoms with van der Waals surface area (Å²) in [6, 6.07) is -0.164. The fourth-order valence-electron chi connectivity index (χ4n) is 2.39. The van der Waals surface area contributed by atoms with Gasteiger partial charge in [0, 0.05) is 19.6 Å². The third-order valence-corrected chi connectivity index (χ3v) is 3.64. The summed E-state index contributed by atoms with van der Waals surface area (Å²) in [7, 11) is 0. The van der Waals surface area contributed by atoms with Crippen molar-refractivity contribution in [3.63, 3.8) is 0 Å². The van der Waals surface area contributed by atoms with Gasteiger partial charge < -0.3 is 15.3 Å². The summed E-state index contributed by atoms with van der Waals surface area (Å²) in [5, 5.41) is 12.0. The molecule has 0 saturated heterocycles. The summed E-state index contributed by atoms with van der Waals surface area (Å²) in [6.07, 6.45) is 3.21. The summed E-state index contributed by atoms with van der Waals surface area (Å²) in [5.41, 5.74) is -0.733. The maximum absolute atomic E-state index is 11.7. The molecule has 1 aliphatic rings. The highest BCUT2D eigenvalue weighted by Gasteiger charge is 2.41. The minimum absolute atomic E-state index is 0.164. The second kappa shape index (κ2) is 5.89. The molecule has 0 aromatic rings. The zero-order valence-electron chi connectivity index (χ0n) is 10.7. The molecule has 1 fully saturated rings. The van der Waals surface area contributed by atoms with Crippen LogP contribution in [0.5, 0.6) is 0 Å². The van der Waals surface area contributed by atoms with Crippen LogP contribution in [-0.4, -0.2) is 41.6 Å². The molecule has 0 aliphatic heterocycles. The largest absolute Gasteiger partial charge is 0.481 e. The molecule has 0 bridgehead atoms. The zero-order chi connectivity index (χ0) is 12.9. The number of nitrogens with one attached hydrogen (secondary N) is 1. The van der Waals surface area contributed by atoms with Crippen molar-refractivity contribution in [1.82, 2.24) is 10.2 Å². The van der Waals surface area contributed by atoms with Crippen LogP contribution in [0, 0.1) is 5.41 Å². The molecule has 0 radical (unpaired) electrons. The van der Waals surface area contributed by atoms with E-state index in [1.807, 2.05) is 13.8 Å². The van der Waals surface area contributed by atoms with E-state index in [0.717, 1.165) is 12.8 Å². The molecule has 1 aliphatic carbocycles. The molecule has 0 spiro atoms. The van der Waals surface area contributed by atoms with E-state index in [-0.39, 0.29) is 12.6 Å². The molecule has 0 aromatic heterocycles. The Kier molecular flexibility index (Phi) is 4.78. The topological polar surface area (TPSA) is 69.6 Å². The number of carbonyl (C=O) groups is 2. The number of amides is 2. The fraction of sp³-hybridized carbons (Fsp3) is 0.833. The molecule has 1 rings (SSSR count). The van der Waals surface area contributed by atoms with E-state index in [1.54, 1.807) is 4.90 Å². The molecule has 0 aromatic carbocycles. The van der Waals surface area contributed by atoms with Gasteiger partial charge in [0.1, 0.15) is 0 Å². The summed E-state index contributed by atoms with van der Waals surface area (Å²) < 4.78 is 0. The molecule has 5 heteroatoms. The SMILES string of the molecule is CCN(CC)C(=O)NCC1(C(=O)O)CCCC1. The van der Waals surface area contributed by atoms with Crippen LogP contribution in [0.15, 0.2) is 0 Å². The van der Waals surface area contributed by atoms with Gasteiger partial charge in [-0.3, -0.25) is 4.79 Å². The highest BCUT2D eigenvalue weighted by Crippen LogP contribution is 2.37. The zero-order valence-corrected chi connectivity index (χ0v) is 10.7. The summed E-state index contributed by atoms with van der Waals surface area (Å²) in [4.78, 5) is 24.7. The van der Waals surface area contributed by atoms with Gasteiger partial charge in [0.05, 0.1) is 5.41 Å². The van der Waals surface area contributed by atoms with Crippen LogP contribution >= 0.6 is 0 Å². The van der Waals surface area contributed by atoms with E-state index in [9.17, 15) is 14.7 Å². The predicted octanol–water partition coefficient (Wildman–Crippen LogP) is 1.68. The van der Waals surface area contributed by atoms with Gasteiger partial charge in [-0.15, -0.1) is 0 Å². The Labute approximate surface area is 102 Å². The van der Waals surface area contributed by atoms with Crippen molar-refractivity contribution in [2.75, 3.05) is 19.6 Å². The second-order valence-corrected chi connectivity index (χ2v) is 4.62. The van der Waals surface area contributed by atoms with Gasteiger partial charge in [-0.25, -0.2) is 4.79 Å². The first-order chi connectivity index (χ1) is 8.05. The molecule has 2 N–H and O–H groups in total. The van der Waals surface area contributed by atoms with Crippen molar-refractivity contribution in [1.29, 1.82) is 0 Å². The number of carboxylic acid groups (broad SMARTS) is 1. The van der Waals surface area contributed by atoms with Crippen LogP contribution in [0.4, 0.5) is 4.79 Å². The number of hydrogen-bond donors (Lipinski definition) is 2. The molecular weight excluding hydrogens is 220 g/mol. The minimum Gasteiger partial charge on any atom is -0.481 e. The monoisotopic (exact) mass is 242 g/mol. The Balaban J connectivity index is 2.53. The van der Waals surface area contributed by atoms with Crippen molar-refractivity contribution in [3.8, 4) is 0 Å². The normalized spacial score (nSPS) is 17.8. The van der Waals surface area contributed by atoms with Gasteiger partial charge in [0.25, 0.3) is 0 Å². The molecule has 1 saturated carbocycles. The average Bonchev–Trinajstić information content (AvgIpc) is 2.78. The number of carbonyl (C=O) groups excluding carboxylic acids is 1. The number of rotatable bonds is 5. The van der Waals surface area contributed by atoms with E-state index in [0.29, 0.717) is 25.9 Å². The van der Waals surface area contributed by atoms with Gasteiger partial charge in [0.15, 0.2) is 0 Å². The molecule has 98 valence electrons. The van der Waals surface area contributed by atoms with Gasteiger partial charge in [-0.2, -0.15) is 0 Å². The number of urea groups is 1. The number of nitrogens with zero attached hydrogens (tertiary/aromatic N) is 1. The Morgan fingerprint density at radius 1 is 1.24 bits per heavy atom. The van der Waals surface area contributed by atoms with Gasteiger partial charge in [0.2, 0.25) is 0 Å².